The number of amides is 1. The van der Waals surface area contributed by atoms with Crippen molar-refractivity contribution in [2.75, 3.05) is 5.32 Å². The molecular formula is C22H22N2O2S. The zero-order valence-corrected chi connectivity index (χ0v) is 16.2. The minimum absolute atomic E-state index is 0.141. The van der Waals surface area contributed by atoms with Crippen molar-refractivity contribution in [1.82, 2.24) is 5.32 Å². The molecule has 0 aromatic heterocycles. The molecule has 0 spiro atoms. The third-order valence-electron chi connectivity index (χ3n) is 4.29. The van der Waals surface area contributed by atoms with Crippen LogP contribution in [0.5, 0.6) is 5.75 Å². The first-order chi connectivity index (χ1) is 13.1. The Hall–Kier alpha value is -2.92. The molecule has 0 saturated carbocycles. The van der Waals surface area contributed by atoms with Gasteiger partial charge in [0.15, 0.2) is 5.11 Å². The molecule has 0 aliphatic rings. The molecule has 1 unspecified atom stereocenters. The third-order valence-corrected chi connectivity index (χ3v) is 4.50. The molecule has 0 bridgehead atoms. The van der Waals surface area contributed by atoms with E-state index >= 15 is 0 Å². The second-order valence-electron chi connectivity index (χ2n) is 6.30. The zero-order chi connectivity index (χ0) is 19.2. The monoisotopic (exact) mass is 378 g/mol. The van der Waals surface area contributed by atoms with Crippen LogP contribution in [0, 0.1) is 0 Å². The topological polar surface area (TPSA) is 50.4 Å². The molecule has 1 atom stereocenters. The number of nitrogens with one attached hydrogen (secondary N) is 2. The highest BCUT2D eigenvalue weighted by Crippen LogP contribution is 2.22. The average Bonchev–Trinajstić information content (AvgIpc) is 2.68. The van der Waals surface area contributed by atoms with Crippen molar-refractivity contribution in [1.29, 1.82) is 0 Å². The first kappa shape index (κ1) is 18.9. The van der Waals surface area contributed by atoms with Gasteiger partial charge in [-0.25, -0.2) is 0 Å². The lowest BCUT2D eigenvalue weighted by molar-refractivity contribution is 0.0977. The van der Waals surface area contributed by atoms with Crippen molar-refractivity contribution in [3.05, 3.63) is 72.3 Å². The van der Waals surface area contributed by atoms with Crippen LogP contribution in [0.1, 0.15) is 30.6 Å². The standard InChI is InChI=1S/C22H22N2O2S/c1-3-15(2)26-18-13-11-17(12-14-18)21(25)24-22(27)23-20-10-6-8-16-7-4-5-9-19(16)20/h4-15H,3H2,1-2H3,(H2,23,24,25,27). The van der Waals surface area contributed by atoms with E-state index in [1.807, 2.05) is 49.4 Å². The predicted molar refractivity (Wildman–Crippen MR) is 114 cm³/mol. The molecule has 138 valence electrons. The van der Waals surface area contributed by atoms with E-state index in [1.165, 1.54) is 0 Å². The molecule has 3 aromatic rings. The Bertz CT molecular complexity index is 949. The summed E-state index contributed by atoms with van der Waals surface area (Å²) in [6.07, 6.45) is 1.07. The Balaban J connectivity index is 1.64. The number of benzene rings is 3. The molecule has 0 radical (unpaired) electrons. The van der Waals surface area contributed by atoms with Crippen molar-refractivity contribution < 1.29 is 9.53 Å². The molecule has 2 N–H and O–H groups in total. The second-order valence-corrected chi connectivity index (χ2v) is 6.70. The minimum atomic E-state index is -0.261. The molecule has 1 amide bonds. The third kappa shape index (κ3) is 4.83. The fraction of sp³-hybridized carbons (Fsp3) is 0.182. The number of fused-ring (bicyclic) bond motifs is 1. The molecule has 27 heavy (non-hydrogen) atoms. The van der Waals surface area contributed by atoms with Gasteiger partial charge in [0, 0.05) is 16.6 Å². The summed E-state index contributed by atoms with van der Waals surface area (Å²) < 4.78 is 5.73. The fourth-order valence-electron chi connectivity index (χ4n) is 2.66. The number of carbonyl (C=O) groups is 1. The van der Waals surface area contributed by atoms with E-state index in [-0.39, 0.29) is 17.1 Å². The van der Waals surface area contributed by atoms with Gasteiger partial charge in [-0.15, -0.1) is 0 Å². The molecule has 0 fully saturated rings. The zero-order valence-electron chi connectivity index (χ0n) is 15.4. The lowest BCUT2D eigenvalue weighted by atomic mass is 10.1. The van der Waals surface area contributed by atoms with Gasteiger partial charge in [-0.1, -0.05) is 43.3 Å². The van der Waals surface area contributed by atoms with Crippen molar-refractivity contribution in [2.45, 2.75) is 26.4 Å². The van der Waals surface area contributed by atoms with Gasteiger partial charge in [0.25, 0.3) is 5.91 Å². The Labute approximate surface area is 164 Å². The highest BCUT2D eigenvalue weighted by Gasteiger charge is 2.10. The Morgan fingerprint density at radius 1 is 1.04 bits per heavy atom. The molecule has 3 rings (SSSR count). The molecule has 0 heterocycles. The summed E-state index contributed by atoms with van der Waals surface area (Å²) in [4.78, 5) is 12.4. The van der Waals surface area contributed by atoms with Crippen LogP contribution >= 0.6 is 12.2 Å². The Kier molecular flexibility index (Phi) is 6.04. The lowest BCUT2D eigenvalue weighted by Crippen LogP contribution is -2.34. The highest BCUT2D eigenvalue weighted by atomic mass is 32.1. The maximum absolute atomic E-state index is 12.4. The molecule has 3 aromatic carbocycles. The van der Waals surface area contributed by atoms with Gasteiger partial charge in [0.2, 0.25) is 0 Å². The predicted octanol–water partition coefficient (Wildman–Crippen LogP) is 5.14. The maximum atomic E-state index is 12.4. The maximum Gasteiger partial charge on any atom is 0.257 e. The molecule has 0 saturated heterocycles. The summed E-state index contributed by atoms with van der Waals surface area (Å²) in [6, 6.07) is 21.0. The van der Waals surface area contributed by atoms with Crippen LogP contribution in [-0.4, -0.2) is 17.1 Å². The first-order valence-corrected chi connectivity index (χ1v) is 9.34. The fourth-order valence-corrected chi connectivity index (χ4v) is 2.87. The number of ether oxygens (including phenoxy) is 1. The van der Waals surface area contributed by atoms with Gasteiger partial charge < -0.3 is 10.1 Å². The van der Waals surface area contributed by atoms with E-state index in [9.17, 15) is 4.79 Å². The van der Waals surface area contributed by atoms with Gasteiger partial charge in [-0.05, 0) is 61.3 Å². The largest absolute Gasteiger partial charge is 0.491 e. The SMILES string of the molecule is CCC(C)Oc1ccc(C(=O)NC(=S)Nc2cccc3ccccc23)cc1. The molecule has 0 aliphatic carbocycles. The lowest BCUT2D eigenvalue weighted by Gasteiger charge is -2.13. The van der Waals surface area contributed by atoms with Crippen molar-refractivity contribution in [3.8, 4) is 5.75 Å². The Morgan fingerprint density at radius 2 is 1.74 bits per heavy atom. The van der Waals surface area contributed by atoms with Crippen LogP contribution in [0.15, 0.2) is 66.7 Å². The molecule has 5 heteroatoms. The van der Waals surface area contributed by atoms with Gasteiger partial charge in [-0.3, -0.25) is 10.1 Å². The van der Waals surface area contributed by atoms with Crippen molar-refractivity contribution in [3.63, 3.8) is 0 Å². The first-order valence-electron chi connectivity index (χ1n) is 8.93. The van der Waals surface area contributed by atoms with E-state index in [0.717, 1.165) is 28.6 Å². The van der Waals surface area contributed by atoms with Gasteiger partial charge >= 0.3 is 0 Å². The summed E-state index contributed by atoms with van der Waals surface area (Å²) in [5.41, 5.74) is 1.38. The average molecular weight is 378 g/mol. The highest BCUT2D eigenvalue weighted by molar-refractivity contribution is 7.80. The normalized spacial score (nSPS) is 11.6. The van der Waals surface area contributed by atoms with E-state index in [0.29, 0.717) is 5.56 Å². The number of hydrogen-bond acceptors (Lipinski definition) is 3. The van der Waals surface area contributed by atoms with E-state index in [1.54, 1.807) is 24.3 Å². The van der Waals surface area contributed by atoms with E-state index < -0.39 is 0 Å². The van der Waals surface area contributed by atoms with Crippen molar-refractivity contribution >= 4 is 39.7 Å². The number of carbonyl (C=O) groups excluding carboxylic acids is 1. The van der Waals surface area contributed by atoms with Crippen LogP contribution < -0.4 is 15.4 Å². The van der Waals surface area contributed by atoms with Gasteiger partial charge in [-0.2, -0.15) is 0 Å². The van der Waals surface area contributed by atoms with Crippen LogP contribution in [-0.2, 0) is 0 Å². The summed E-state index contributed by atoms with van der Waals surface area (Å²) in [5.74, 6) is 0.486. The Morgan fingerprint density at radius 3 is 2.48 bits per heavy atom. The second kappa shape index (κ2) is 8.64. The quantitative estimate of drug-likeness (QED) is 0.603. The van der Waals surface area contributed by atoms with Crippen LogP contribution in [0.3, 0.4) is 0 Å². The summed E-state index contributed by atoms with van der Waals surface area (Å²) in [6.45, 7) is 4.08. The summed E-state index contributed by atoms with van der Waals surface area (Å²) in [5, 5.41) is 8.24. The van der Waals surface area contributed by atoms with Crippen LogP contribution in [0.4, 0.5) is 5.69 Å². The van der Waals surface area contributed by atoms with E-state index in [2.05, 4.69) is 17.6 Å². The van der Waals surface area contributed by atoms with Crippen LogP contribution in [0.25, 0.3) is 10.8 Å². The smallest absolute Gasteiger partial charge is 0.257 e. The van der Waals surface area contributed by atoms with Crippen molar-refractivity contribution in [2.24, 2.45) is 0 Å². The number of anilines is 1. The van der Waals surface area contributed by atoms with Gasteiger partial charge in [0.05, 0.1) is 6.10 Å². The van der Waals surface area contributed by atoms with Crippen LogP contribution in [0.2, 0.25) is 0 Å². The summed E-state index contributed by atoms with van der Waals surface area (Å²) >= 11 is 5.31. The molecular weight excluding hydrogens is 356 g/mol. The van der Waals surface area contributed by atoms with Gasteiger partial charge in [0.1, 0.15) is 5.75 Å². The number of rotatable bonds is 5. The van der Waals surface area contributed by atoms with E-state index in [4.69, 9.17) is 17.0 Å². The summed E-state index contributed by atoms with van der Waals surface area (Å²) in [7, 11) is 0. The molecule has 0 aliphatic heterocycles. The number of thiocarbonyl (C=S) groups is 1. The minimum Gasteiger partial charge on any atom is -0.491 e. The number of hydrogen-bond donors (Lipinski definition) is 2. The molecule has 4 nitrogen and oxygen atoms in total.